The number of ether oxygens (including phenoxy) is 1. The number of amides is 1. The van der Waals surface area contributed by atoms with Crippen LogP contribution in [0.15, 0.2) is 54.6 Å². The van der Waals surface area contributed by atoms with Crippen molar-refractivity contribution in [2.45, 2.75) is 33.2 Å². The standard InChI is InChI=1S/C23H25N5O3/c1-4-20(19-12-10-16(2)11-13-19)24-22(29)15-31-23(30)21(28-17(3)25-26-27-28)14-18-8-6-5-7-9-18/h5-14,20H,4,15H2,1-3H3,(H,24,29)/b21-14-/t20-/m0/s1. The molecule has 0 radical (unpaired) electrons. The molecule has 0 aliphatic rings. The Balaban J connectivity index is 1.69. The smallest absolute Gasteiger partial charge is 0.357 e. The van der Waals surface area contributed by atoms with Gasteiger partial charge in [-0.3, -0.25) is 4.79 Å². The first kappa shape index (κ1) is 21.9. The van der Waals surface area contributed by atoms with Crippen molar-refractivity contribution in [2.75, 3.05) is 6.61 Å². The fraction of sp³-hybridized carbons (Fsp3) is 0.261. The highest BCUT2D eigenvalue weighted by molar-refractivity contribution is 6.15. The number of carbonyl (C=O) groups excluding carboxylic acids is 2. The van der Waals surface area contributed by atoms with Crippen LogP contribution in [0, 0.1) is 13.8 Å². The van der Waals surface area contributed by atoms with Crippen LogP contribution >= 0.6 is 0 Å². The number of benzene rings is 2. The van der Waals surface area contributed by atoms with Gasteiger partial charge in [-0.25, -0.2) is 4.79 Å². The molecule has 1 atom stereocenters. The second-order valence-electron chi connectivity index (χ2n) is 7.09. The van der Waals surface area contributed by atoms with Crippen molar-refractivity contribution in [3.05, 3.63) is 77.1 Å². The summed E-state index contributed by atoms with van der Waals surface area (Å²) >= 11 is 0. The van der Waals surface area contributed by atoms with Gasteiger partial charge in [0.15, 0.2) is 18.1 Å². The van der Waals surface area contributed by atoms with Gasteiger partial charge in [0.05, 0.1) is 6.04 Å². The molecule has 8 nitrogen and oxygen atoms in total. The fourth-order valence-corrected chi connectivity index (χ4v) is 3.03. The summed E-state index contributed by atoms with van der Waals surface area (Å²) < 4.78 is 6.57. The molecule has 1 heterocycles. The number of carbonyl (C=O) groups is 2. The van der Waals surface area contributed by atoms with E-state index in [1.807, 2.05) is 68.4 Å². The summed E-state index contributed by atoms with van der Waals surface area (Å²) in [5.74, 6) is -0.653. The van der Waals surface area contributed by atoms with Crippen LogP contribution in [0.25, 0.3) is 11.8 Å². The van der Waals surface area contributed by atoms with Gasteiger partial charge < -0.3 is 10.1 Å². The monoisotopic (exact) mass is 419 g/mol. The summed E-state index contributed by atoms with van der Waals surface area (Å²) in [5, 5.41) is 14.2. The third-order valence-electron chi connectivity index (χ3n) is 4.72. The first-order valence-electron chi connectivity index (χ1n) is 10.0. The highest BCUT2D eigenvalue weighted by Crippen LogP contribution is 2.17. The quantitative estimate of drug-likeness (QED) is 0.445. The Bertz CT molecular complexity index is 1060. The molecule has 3 aromatic rings. The van der Waals surface area contributed by atoms with Crippen LogP contribution in [0.5, 0.6) is 0 Å². The summed E-state index contributed by atoms with van der Waals surface area (Å²) in [6.45, 7) is 5.26. The lowest BCUT2D eigenvalue weighted by molar-refractivity contribution is -0.143. The predicted molar refractivity (Wildman–Crippen MR) is 116 cm³/mol. The Labute approximate surface area is 180 Å². The van der Waals surface area contributed by atoms with Crippen molar-refractivity contribution in [2.24, 2.45) is 0 Å². The van der Waals surface area contributed by atoms with Gasteiger partial charge in [0.25, 0.3) is 5.91 Å². The zero-order valence-corrected chi connectivity index (χ0v) is 17.8. The van der Waals surface area contributed by atoms with Gasteiger partial charge in [0, 0.05) is 0 Å². The second-order valence-corrected chi connectivity index (χ2v) is 7.09. The number of esters is 1. The van der Waals surface area contributed by atoms with Gasteiger partial charge in [0.1, 0.15) is 0 Å². The number of rotatable bonds is 8. The molecule has 1 aromatic heterocycles. The lowest BCUT2D eigenvalue weighted by Crippen LogP contribution is -2.32. The molecule has 0 saturated heterocycles. The number of hydrogen-bond acceptors (Lipinski definition) is 6. The average molecular weight is 419 g/mol. The van der Waals surface area contributed by atoms with Crippen LogP contribution in [-0.2, 0) is 14.3 Å². The summed E-state index contributed by atoms with van der Waals surface area (Å²) in [6, 6.07) is 17.1. The topological polar surface area (TPSA) is 99.0 Å². The number of hydrogen-bond donors (Lipinski definition) is 1. The number of nitrogens with zero attached hydrogens (tertiary/aromatic N) is 4. The van der Waals surface area contributed by atoms with Crippen LogP contribution in [0.4, 0.5) is 0 Å². The van der Waals surface area contributed by atoms with Crippen molar-refractivity contribution in [3.63, 3.8) is 0 Å². The first-order valence-corrected chi connectivity index (χ1v) is 10.0. The molecular weight excluding hydrogens is 394 g/mol. The van der Waals surface area contributed by atoms with Gasteiger partial charge in [-0.15, -0.1) is 5.10 Å². The van der Waals surface area contributed by atoms with Crippen LogP contribution in [0.3, 0.4) is 0 Å². The summed E-state index contributed by atoms with van der Waals surface area (Å²) in [6.07, 6.45) is 2.33. The lowest BCUT2D eigenvalue weighted by Gasteiger charge is -2.18. The molecule has 160 valence electrons. The van der Waals surface area contributed by atoms with Crippen molar-refractivity contribution in [3.8, 4) is 0 Å². The van der Waals surface area contributed by atoms with E-state index < -0.39 is 12.6 Å². The Morgan fingerprint density at radius 3 is 2.42 bits per heavy atom. The van der Waals surface area contributed by atoms with E-state index in [-0.39, 0.29) is 17.6 Å². The van der Waals surface area contributed by atoms with E-state index in [4.69, 9.17) is 4.74 Å². The van der Waals surface area contributed by atoms with E-state index in [9.17, 15) is 9.59 Å². The zero-order chi connectivity index (χ0) is 22.2. The highest BCUT2D eigenvalue weighted by atomic mass is 16.5. The summed E-state index contributed by atoms with van der Waals surface area (Å²) in [7, 11) is 0. The minimum absolute atomic E-state index is 0.118. The van der Waals surface area contributed by atoms with Crippen LogP contribution < -0.4 is 5.32 Å². The maximum absolute atomic E-state index is 12.8. The van der Waals surface area contributed by atoms with Crippen LogP contribution in [0.2, 0.25) is 0 Å². The Morgan fingerprint density at radius 1 is 1.10 bits per heavy atom. The molecule has 8 heteroatoms. The first-order chi connectivity index (χ1) is 15.0. The van der Waals surface area contributed by atoms with E-state index >= 15 is 0 Å². The zero-order valence-electron chi connectivity index (χ0n) is 17.8. The molecule has 0 fully saturated rings. The van der Waals surface area contributed by atoms with E-state index in [1.165, 1.54) is 4.68 Å². The van der Waals surface area contributed by atoms with Gasteiger partial charge >= 0.3 is 5.97 Å². The third-order valence-corrected chi connectivity index (χ3v) is 4.72. The Morgan fingerprint density at radius 2 is 1.81 bits per heavy atom. The Kier molecular flexibility index (Phi) is 7.26. The largest absolute Gasteiger partial charge is 0.451 e. The molecular formula is C23H25N5O3. The van der Waals surface area contributed by atoms with Gasteiger partial charge in [-0.05, 0) is 47.9 Å². The maximum Gasteiger partial charge on any atom is 0.357 e. The Hall–Kier alpha value is -3.81. The van der Waals surface area contributed by atoms with E-state index in [0.29, 0.717) is 12.2 Å². The van der Waals surface area contributed by atoms with Crippen molar-refractivity contribution >= 4 is 23.6 Å². The summed E-state index contributed by atoms with van der Waals surface area (Å²) in [5.41, 5.74) is 3.04. The molecule has 0 spiro atoms. The molecule has 1 amide bonds. The lowest BCUT2D eigenvalue weighted by atomic mass is 10.0. The van der Waals surface area contributed by atoms with Crippen LogP contribution in [0.1, 0.15) is 41.9 Å². The van der Waals surface area contributed by atoms with Gasteiger partial charge in [0.2, 0.25) is 0 Å². The molecule has 31 heavy (non-hydrogen) atoms. The minimum atomic E-state index is -0.696. The minimum Gasteiger partial charge on any atom is -0.451 e. The molecule has 0 unspecified atom stereocenters. The fourth-order valence-electron chi connectivity index (χ4n) is 3.03. The maximum atomic E-state index is 12.8. The normalized spacial score (nSPS) is 12.3. The van der Waals surface area contributed by atoms with E-state index in [0.717, 1.165) is 16.7 Å². The van der Waals surface area contributed by atoms with E-state index in [2.05, 4.69) is 20.8 Å². The van der Waals surface area contributed by atoms with Crippen molar-refractivity contribution in [1.82, 2.24) is 25.5 Å². The second kappa shape index (κ2) is 10.3. The van der Waals surface area contributed by atoms with Crippen molar-refractivity contribution in [1.29, 1.82) is 0 Å². The number of nitrogens with one attached hydrogen (secondary N) is 1. The van der Waals surface area contributed by atoms with Crippen LogP contribution in [-0.4, -0.2) is 38.7 Å². The number of aromatic nitrogens is 4. The molecule has 0 saturated carbocycles. The number of tetrazole rings is 1. The highest BCUT2D eigenvalue weighted by Gasteiger charge is 2.20. The number of aryl methyl sites for hydroxylation is 2. The molecule has 1 N–H and O–H groups in total. The molecule has 0 aliphatic carbocycles. The summed E-state index contributed by atoms with van der Waals surface area (Å²) in [4.78, 5) is 25.2. The molecule has 0 aliphatic heterocycles. The predicted octanol–water partition coefficient (Wildman–Crippen LogP) is 3.10. The van der Waals surface area contributed by atoms with Gasteiger partial charge in [-0.1, -0.05) is 67.1 Å². The molecule has 0 bridgehead atoms. The van der Waals surface area contributed by atoms with Crippen molar-refractivity contribution < 1.29 is 14.3 Å². The van der Waals surface area contributed by atoms with Gasteiger partial charge in [-0.2, -0.15) is 4.68 Å². The SMILES string of the molecule is CC[C@H](NC(=O)COC(=O)/C(=C/c1ccccc1)n1nnnc1C)c1ccc(C)cc1. The molecule has 3 rings (SSSR count). The average Bonchev–Trinajstić information content (AvgIpc) is 3.21. The molecule has 2 aromatic carbocycles. The van der Waals surface area contributed by atoms with E-state index in [1.54, 1.807) is 13.0 Å². The third kappa shape index (κ3) is 5.85.